The zero-order valence-corrected chi connectivity index (χ0v) is 12.3. The fourth-order valence-corrected chi connectivity index (χ4v) is 1.57. The number of nitrogens with one attached hydrogen (secondary N) is 2. The highest BCUT2D eigenvalue weighted by Crippen LogP contribution is 2.09. The van der Waals surface area contributed by atoms with E-state index in [4.69, 9.17) is 4.52 Å². The van der Waals surface area contributed by atoms with E-state index >= 15 is 0 Å². The molecular formula is C13H18N6O2. The summed E-state index contributed by atoms with van der Waals surface area (Å²) in [5.74, 6) is 1.04. The number of hydrogen-bond donors (Lipinski definition) is 2. The number of carbonyl (C=O) groups is 1. The minimum atomic E-state index is -0.360. The molecule has 0 aliphatic rings. The van der Waals surface area contributed by atoms with Crippen molar-refractivity contribution >= 4 is 17.7 Å². The quantitative estimate of drug-likeness (QED) is 0.819. The van der Waals surface area contributed by atoms with Crippen molar-refractivity contribution in [3.05, 3.63) is 29.8 Å². The van der Waals surface area contributed by atoms with Crippen molar-refractivity contribution in [1.29, 1.82) is 0 Å². The first-order valence-electron chi connectivity index (χ1n) is 6.51. The average Bonchev–Trinajstić information content (AvgIpc) is 2.84. The van der Waals surface area contributed by atoms with Gasteiger partial charge in [-0.2, -0.15) is 0 Å². The number of likely N-dealkylation sites (N-methyl/N-ethyl adjacent to an activating group) is 1. The van der Waals surface area contributed by atoms with Crippen molar-refractivity contribution in [2.45, 2.75) is 6.92 Å². The van der Waals surface area contributed by atoms with E-state index in [1.807, 2.05) is 19.0 Å². The van der Waals surface area contributed by atoms with E-state index in [0.717, 1.165) is 6.54 Å². The molecule has 0 saturated heterocycles. The van der Waals surface area contributed by atoms with Crippen molar-refractivity contribution in [1.82, 2.24) is 20.0 Å². The van der Waals surface area contributed by atoms with Crippen molar-refractivity contribution in [3.8, 4) is 0 Å². The predicted molar refractivity (Wildman–Crippen MR) is 78.3 cm³/mol. The lowest BCUT2D eigenvalue weighted by Crippen LogP contribution is -2.22. The fraction of sp³-hybridized carbons (Fsp3) is 0.385. The van der Waals surface area contributed by atoms with E-state index in [-0.39, 0.29) is 11.6 Å². The summed E-state index contributed by atoms with van der Waals surface area (Å²) in [5.41, 5.74) is 0.262. The summed E-state index contributed by atoms with van der Waals surface area (Å²) in [4.78, 5) is 22.3. The number of hydrogen-bond acceptors (Lipinski definition) is 7. The summed E-state index contributed by atoms with van der Waals surface area (Å²) in [6.45, 7) is 3.29. The van der Waals surface area contributed by atoms with Gasteiger partial charge in [-0.05, 0) is 27.1 Å². The Bertz CT molecular complexity index is 610. The second kappa shape index (κ2) is 6.80. The van der Waals surface area contributed by atoms with Crippen molar-refractivity contribution in [2.24, 2.45) is 0 Å². The highest BCUT2D eigenvalue weighted by atomic mass is 16.5. The van der Waals surface area contributed by atoms with E-state index in [9.17, 15) is 4.79 Å². The van der Waals surface area contributed by atoms with E-state index in [0.29, 0.717) is 24.1 Å². The summed E-state index contributed by atoms with van der Waals surface area (Å²) in [5, 5.41) is 9.37. The lowest BCUT2D eigenvalue weighted by atomic mass is 10.3. The Kier molecular flexibility index (Phi) is 4.83. The van der Waals surface area contributed by atoms with E-state index in [1.54, 1.807) is 19.1 Å². The Morgan fingerprint density at radius 3 is 2.90 bits per heavy atom. The van der Waals surface area contributed by atoms with E-state index in [2.05, 4.69) is 25.8 Å². The molecule has 0 aliphatic carbocycles. The maximum absolute atomic E-state index is 12.0. The molecule has 0 bridgehead atoms. The van der Waals surface area contributed by atoms with Gasteiger partial charge in [0.15, 0.2) is 5.82 Å². The first kappa shape index (κ1) is 14.9. The second-order valence-corrected chi connectivity index (χ2v) is 4.77. The fourth-order valence-electron chi connectivity index (χ4n) is 1.57. The Morgan fingerprint density at radius 1 is 1.43 bits per heavy atom. The molecule has 0 unspecified atom stereocenters. The number of anilines is 2. The SMILES string of the molecule is Cc1cc(NC(=O)c2ccnc(NCCN(C)C)n2)no1. The van der Waals surface area contributed by atoms with Gasteiger partial charge in [0, 0.05) is 25.4 Å². The number of nitrogens with zero attached hydrogens (tertiary/aromatic N) is 4. The van der Waals surface area contributed by atoms with Crippen LogP contribution >= 0.6 is 0 Å². The molecule has 0 radical (unpaired) electrons. The minimum absolute atomic E-state index is 0.262. The Balaban J connectivity index is 1.97. The van der Waals surface area contributed by atoms with Gasteiger partial charge in [0.2, 0.25) is 5.95 Å². The van der Waals surface area contributed by atoms with Gasteiger partial charge in [0.05, 0.1) is 0 Å². The molecule has 0 aromatic carbocycles. The molecule has 21 heavy (non-hydrogen) atoms. The lowest BCUT2D eigenvalue weighted by Gasteiger charge is -2.10. The average molecular weight is 290 g/mol. The highest BCUT2D eigenvalue weighted by Gasteiger charge is 2.11. The number of aromatic nitrogens is 3. The Morgan fingerprint density at radius 2 is 2.24 bits per heavy atom. The van der Waals surface area contributed by atoms with E-state index in [1.165, 1.54) is 6.20 Å². The third-order valence-electron chi connectivity index (χ3n) is 2.60. The molecule has 0 spiro atoms. The Labute approximate surface area is 122 Å². The first-order chi connectivity index (χ1) is 10.0. The molecule has 2 N–H and O–H groups in total. The van der Waals surface area contributed by atoms with Crippen LogP contribution in [-0.4, -0.2) is 53.1 Å². The van der Waals surface area contributed by atoms with Crippen LogP contribution < -0.4 is 10.6 Å². The first-order valence-corrected chi connectivity index (χ1v) is 6.51. The maximum atomic E-state index is 12.0. The molecule has 0 fully saturated rings. The van der Waals surface area contributed by atoms with Gasteiger partial charge in [0.1, 0.15) is 11.5 Å². The van der Waals surface area contributed by atoms with Gasteiger partial charge in [-0.1, -0.05) is 5.16 Å². The summed E-state index contributed by atoms with van der Waals surface area (Å²) in [6, 6.07) is 3.18. The molecule has 2 aromatic rings. The monoisotopic (exact) mass is 290 g/mol. The number of carbonyl (C=O) groups excluding carboxylic acids is 1. The van der Waals surface area contributed by atoms with Crippen molar-refractivity contribution in [3.63, 3.8) is 0 Å². The summed E-state index contributed by atoms with van der Waals surface area (Å²) in [6.07, 6.45) is 1.54. The van der Waals surface area contributed by atoms with Gasteiger partial charge in [-0.25, -0.2) is 9.97 Å². The summed E-state index contributed by atoms with van der Waals surface area (Å²) < 4.78 is 4.89. The van der Waals surface area contributed by atoms with Gasteiger partial charge in [-0.3, -0.25) is 4.79 Å². The second-order valence-electron chi connectivity index (χ2n) is 4.77. The van der Waals surface area contributed by atoms with Crippen LogP contribution in [0, 0.1) is 6.92 Å². The molecule has 1 amide bonds. The molecule has 0 atom stereocenters. The molecular weight excluding hydrogens is 272 g/mol. The minimum Gasteiger partial charge on any atom is -0.360 e. The summed E-state index contributed by atoms with van der Waals surface area (Å²) in [7, 11) is 3.96. The zero-order valence-electron chi connectivity index (χ0n) is 12.3. The van der Waals surface area contributed by atoms with Crippen LogP contribution in [-0.2, 0) is 0 Å². The number of amides is 1. The topological polar surface area (TPSA) is 96.2 Å². The van der Waals surface area contributed by atoms with Crippen LogP contribution in [0.25, 0.3) is 0 Å². The molecule has 8 nitrogen and oxygen atoms in total. The molecule has 112 valence electrons. The molecule has 2 aromatic heterocycles. The van der Waals surface area contributed by atoms with Crippen LogP contribution in [0.4, 0.5) is 11.8 Å². The van der Waals surface area contributed by atoms with Gasteiger partial charge < -0.3 is 20.1 Å². The molecule has 8 heteroatoms. The molecule has 0 aliphatic heterocycles. The normalized spacial score (nSPS) is 10.7. The Hall–Kier alpha value is -2.48. The van der Waals surface area contributed by atoms with Gasteiger partial charge in [0.25, 0.3) is 5.91 Å². The third kappa shape index (κ3) is 4.53. The van der Waals surface area contributed by atoms with Crippen LogP contribution in [0.3, 0.4) is 0 Å². The zero-order chi connectivity index (χ0) is 15.2. The number of rotatable bonds is 6. The lowest BCUT2D eigenvalue weighted by molar-refractivity contribution is 0.102. The van der Waals surface area contributed by atoms with Crippen LogP contribution in [0.1, 0.15) is 16.2 Å². The third-order valence-corrected chi connectivity index (χ3v) is 2.60. The van der Waals surface area contributed by atoms with Crippen LogP contribution in [0.5, 0.6) is 0 Å². The highest BCUT2D eigenvalue weighted by molar-refractivity contribution is 6.02. The van der Waals surface area contributed by atoms with Crippen molar-refractivity contribution in [2.75, 3.05) is 37.8 Å². The largest absolute Gasteiger partial charge is 0.360 e. The number of aryl methyl sites for hydroxylation is 1. The molecule has 2 heterocycles. The van der Waals surface area contributed by atoms with Crippen LogP contribution in [0.2, 0.25) is 0 Å². The van der Waals surface area contributed by atoms with Crippen molar-refractivity contribution < 1.29 is 9.32 Å². The smallest absolute Gasteiger partial charge is 0.275 e. The van der Waals surface area contributed by atoms with E-state index < -0.39 is 0 Å². The standard InChI is InChI=1S/C13H18N6O2/c1-9-8-11(18-21-9)17-12(20)10-4-5-14-13(16-10)15-6-7-19(2)3/h4-5,8H,6-7H2,1-3H3,(H,14,15,16)(H,17,18,20). The summed E-state index contributed by atoms with van der Waals surface area (Å²) >= 11 is 0. The van der Waals surface area contributed by atoms with Crippen LogP contribution in [0.15, 0.2) is 22.9 Å². The molecule has 0 saturated carbocycles. The maximum Gasteiger partial charge on any atom is 0.275 e. The van der Waals surface area contributed by atoms with Gasteiger partial charge >= 0.3 is 0 Å². The predicted octanol–water partition coefficient (Wildman–Crippen LogP) is 0.999. The van der Waals surface area contributed by atoms with Gasteiger partial charge in [-0.15, -0.1) is 0 Å². The molecule has 2 rings (SSSR count).